The van der Waals surface area contributed by atoms with Crippen LogP contribution < -0.4 is 0 Å². The lowest BCUT2D eigenvalue weighted by Crippen LogP contribution is -2.32. The quantitative estimate of drug-likeness (QED) is 0.307. The van der Waals surface area contributed by atoms with E-state index in [4.69, 9.17) is 9.47 Å². The van der Waals surface area contributed by atoms with E-state index in [-0.39, 0.29) is 0 Å². The van der Waals surface area contributed by atoms with E-state index < -0.39 is 0 Å². The Labute approximate surface area is 204 Å². The Hall–Kier alpha value is -0.520. The monoisotopic (exact) mass is 454 g/mol. The van der Waals surface area contributed by atoms with Gasteiger partial charge in [0, 0.05) is 11.8 Å². The zero-order valence-corrected chi connectivity index (χ0v) is 21.3. The standard InChI is InChI=1S/C31H50O2/c1-2-8-30(9-3-1)32-23-33-31-20-14-25(15-21-31)11-10-24-12-16-27(17-13-24)29-19-18-26-6-4-5-7-28(26)22-29/h24-31H,1-9,12-23H2. The van der Waals surface area contributed by atoms with Crippen LogP contribution >= 0.6 is 0 Å². The summed E-state index contributed by atoms with van der Waals surface area (Å²) in [4.78, 5) is 0. The molecule has 186 valence electrons. The summed E-state index contributed by atoms with van der Waals surface area (Å²) in [5.74, 6) is 13.0. The van der Waals surface area contributed by atoms with Gasteiger partial charge >= 0.3 is 0 Å². The third-order valence-corrected chi connectivity index (χ3v) is 10.3. The van der Waals surface area contributed by atoms with Crippen molar-refractivity contribution in [3.8, 4) is 11.8 Å². The van der Waals surface area contributed by atoms with E-state index >= 15 is 0 Å². The second-order valence-corrected chi connectivity index (χ2v) is 12.5. The molecule has 0 aromatic carbocycles. The maximum absolute atomic E-state index is 6.06. The van der Waals surface area contributed by atoms with E-state index in [0.29, 0.717) is 30.8 Å². The first-order chi connectivity index (χ1) is 16.3. The average Bonchev–Trinajstić information content (AvgIpc) is 2.89. The Bertz CT molecular complexity index is 625. The molecule has 3 atom stereocenters. The number of hydrogen-bond acceptors (Lipinski definition) is 2. The van der Waals surface area contributed by atoms with E-state index in [2.05, 4.69) is 11.8 Å². The summed E-state index contributed by atoms with van der Waals surface area (Å²) in [5, 5.41) is 0. The summed E-state index contributed by atoms with van der Waals surface area (Å²) in [6.45, 7) is 0.511. The first-order valence-electron chi connectivity index (χ1n) is 15.1. The molecule has 5 saturated carbocycles. The molecule has 0 spiro atoms. The minimum atomic E-state index is 0.404. The molecule has 33 heavy (non-hydrogen) atoms. The van der Waals surface area contributed by atoms with Crippen molar-refractivity contribution in [3.63, 3.8) is 0 Å². The smallest absolute Gasteiger partial charge is 0.147 e. The van der Waals surface area contributed by atoms with Crippen molar-refractivity contribution in [1.29, 1.82) is 0 Å². The largest absolute Gasteiger partial charge is 0.352 e. The summed E-state index contributed by atoms with van der Waals surface area (Å²) < 4.78 is 12.0. The second kappa shape index (κ2) is 12.4. The van der Waals surface area contributed by atoms with Gasteiger partial charge in [-0.3, -0.25) is 0 Å². The topological polar surface area (TPSA) is 18.5 Å². The normalized spacial score (nSPS) is 40.4. The minimum Gasteiger partial charge on any atom is -0.352 e. The summed E-state index contributed by atoms with van der Waals surface area (Å²) in [6.07, 6.45) is 28.6. The molecule has 0 aromatic heterocycles. The lowest BCUT2D eigenvalue weighted by molar-refractivity contribution is -0.132. The predicted octanol–water partition coefficient (Wildman–Crippen LogP) is 8.28. The number of ether oxygens (including phenoxy) is 2. The highest BCUT2D eigenvalue weighted by molar-refractivity contribution is 5.09. The van der Waals surface area contributed by atoms with Gasteiger partial charge in [-0.2, -0.15) is 0 Å². The lowest BCUT2D eigenvalue weighted by atomic mass is 9.62. The van der Waals surface area contributed by atoms with Crippen LogP contribution in [0.15, 0.2) is 0 Å². The molecule has 5 aliphatic carbocycles. The number of rotatable bonds is 5. The first kappa shape index (κ1) is 24.2. The van der Waals surface area contributed by atoms with Gasteiger partial charge in [-0.25, -0.2) is 0 Å². The fourth-order valence-electron chi connectivity index (χ4n) is 8.15. The van der Waals surface area contributed by atoms with Crippen LogP contribution in [0, 0.1) is 47.3 Å². The van der Waals surface area contributed by atoms with E-state index in [1.807, 2.05) is 0 Å². The van der Waals surface area contributed by atoms with Crippen molar-refractivity contribution in [2.24, 2.45) is 35.5 Å². The third-order valence-electron chi connectivity index (χ3n) is 10.3. The Morgan fingerprint density at radius 1 is 0.424 bits per heavy atom. The van der Waals surface area contributed by atoms with Crippen molar-refractivity contribution >= 4 is 0 Å². The van der Waals surface area contributed by atoms with Gasteiger partial charge < -0.3 is 9.47 Å². The molecular weight excluding hydrogens is 404 g/mol. The molecule has 5 fully saturated rings. The van der Waals surface area contributed by atoms with Crippen molar-refractivity contribution < 1.29 is 9.47 Å². The van der Waals surface area contributed by atoms with Crippen LogP contribution in [0.3, 0.4) is 0 Å². The van der Waals surface area contributed by atoms with E-state index in [0.717, 1.165) is 23.7 Å². The number of hydrogen-bond donors (Lipinski definition) is 0. The summed E-state index contributed by atoms with van der Waals surface area (Å²) >= 11 is 0. The first-order valence-corrected chi connectivity index (χ1v) is 15.1. The maximum Gasteiger partial charge on any atom is 0.147 e. The Kier molecular flexibility index (Phi) is 9.12. The summed E-state index contributed by atoms with van der Waals surface area (Å²) in [6, 6.07) is 0. The molecule has 0 aromatic rings. The van der Waals surface area contributed by atoms with Gasteiger partial charge in [-0.1, -0.05) is 56.8 Å². The van der Waals surface area contributed by atoms with Crippen molar-refractivity contribution in [1.82, 2.24) is 0 Å². The highest BCUT2D eigenvalue weighted by Gasteiger charge is 2.36. The van der Waals surface area contributed by atoms with Crippen LogP contribution in [0.1, 0.15) is 128 Å². The van der Waals surface area contributed by atoms with Crippen LogP contribution in [0.2, 0.25) is 0 Å². The molecule has 2 heteroatoms. The fraction of sp³-hybridized carbons (Fsp3) is 0.935. The zero-order chi connectivity index (χ0) is 22.3. The molecule has 0 amide bonds. The van der Waals surface area contributed by atoms with E-state index in [9.17, 15) is 0 Å². The van der Waals surface area contributed by atoms with Crippen LogP contribution in [0.4, 0.5) is 0 Å². The van der Waals surface area contributed by atoms with Crippen LogP contribution in [-0.4, -0.2) is 19.0 Å². The second-order valence-electron chi connectivity index (χ2n) is 12.5. The van der Waals surface area contributed by atoms with Gasteiger partial charge in [0.2, 0.25) is 0 Å². The Morgan fingerprint density at radius 3 is 1.58 bits per heavy atom. The zero-order valence-electron chi connectivity index (χ0n) is 21.3. The van der Waals surface area contributed by atoms with Gasteiger partial charge in [0.15, 0.2) is 0 Å². The van der Waals surface area contributed by atoms with E-state index in [1.165, 1.54) is 96.3 Å². The van der Waals surface area contributed by atoms with Crippen molar-refractivity contribution in [2.45, 2.75) is 141 Å². The SMILES string of the molecule is C(#CC1CCC(C2CCC3CCCCC3C2)CC1)C1CCC(OCOC2CCCCC2)CC1. The molecule has 5 rings (SSSR count). The molecule has 0 radical (unpaired) electrons. The van der Waals surface area contributed by atoms with Gasteiger partial charge in [0.1, 0.15) is 6.79 Å². The van der Waals surface area contributed by atoms with Gasteiger partial charge in [-0.05, 0) is 107 Å². The van der Waals surface area contributed by atoms with E-state index in [1.54, 1.807) is 32.1 Å². The molecule has 0 aliphatic heterocycles. The van der Waals surface area contributed by atoms with Crippen LogP contribution in [-0.2, 0) is 9.47 Å². The lowest BCUT2D eigenvalue weighted by Gasteiger charge is -2.43. The number of fused-ring (bicyclic) bond motifs is 1. The molecule has 5 aliphatic rings. The molecule has 0 heterocycles. The predicted molar refractivity (Wildman–Crippen MR) is 136 cm³/mol. The van der Waals surface area contributed by atoms with Gasteiger partial charge in [0.25, 0.3) is 0 Å². The van der Waals surface area contributed by atoms with Gasteiger partial charge in [-0.15, -0.1) is 0 Å². The molecule has 3 unspecified atom stereocenters. The highest BCUT2D eigenvalue weighted by atomic mass is 16.7. The molecule has 0 bridgehead atoms. The Balaban J connectivity index is 0.964. The summed E-state index contributed by atoms with van der Waals surface area (Å²) in [7, 11) is 0. The Morgan fingerprint density at radius 2 is 0.879 bits per heavy atom. The third kappa shape index (κ3) is 7.01. The molecule has 0 N–H and O–H groups in total. The maximum atomic E-state index is 6.06. The highest BCUT2D eigenvalue weighted by Crippen LogP contribution is 2.47. The molecule has 0 saturated heterocycles. The van der Waals surface area contributed by atoms with Crippen molar-refractivity contribution in [3.05, 3.63) is 0 Å². The van der Waals surface area contributed by atoms with Crippen LogP contribution in [0.5, 0.6) is 0 Å². The fourth-order valence-corrected chi connectivity index (χ4v) is 8.15. The van der Waals surface area contributed by atoms with Crippen LogP contribution in [0.25, 0.3) is 0 Å². The van der Waals surface area contributed by atoms with Gasteiger partial charge in [0.05, 0.1) is 12.2 Å². The molecule has 2 nitrogen and oxygen atoms in total. The minimum absolute atomic E-state index is 0.404. The average molecular weight is 455 g/mol. The summed E-state index contributed by atoms with van der Waals surface area (Å²) in [5.41, 5.74) is 0. The molecular formula is C31H50O2. The van der Waals surface area contributed by atoms with Crippen molar-refractivity contribution in [2.75, 3.05) is 6.79 Å².